The van der Waals surface area contributed by atoms with Gasteiger partial charge in [-0.05, 0) is 44.4 Å². The second-order valence-corrected chi connectivity index (χ2v) is 13.9. The van der Waals surface area contributed by atoms with Gasteiger partial charge >= 0.3 is 19.8 Å². The molecule has 10 heteroatoms. The van der Waals surface area contributed by atoms with Gasteiger partial charge in [-0.3, -0.25) is 14.1 Å². The Balaban J connectivity index is 4.15. The van der Waals surface area contributed by atoms with Crippen LogP contribution in [0.25, 0.3) is 0 Å². The Morgan fingerprint density at radius 1 is 0.708 bits per heavy atom. The molecule has 0 aromatic carbocycles. The highest BCUT2D eigenvalue weighted by Crippen LogP contribution is 2.36. The lowest BCUT2D eigenvalue weighted by molar-refractivity contribution is -0.161. The topological polar surface area (TPSA) is 140 Å². The zero-order chi connectivity index (χ0) is 35.7. The normalized spacial score (nSPS) is 14.4. The number of carbonyl (C=O) groups excluding carboxylic acids is 2. The molecule has 0 radical (unpaired) electrons. The fraction of sp³-hybridized carbons (Fsp3) is 0.737. The highest BCUT2D eigenvalue weighted by Gasteiger charge is 2.22. The van der Waals surface area contributed by atoms with Crippen molar-refractivity contribution in [2.75, 3.05) is 13.2 Å². The number of phosphoric acid groups is 1. The lowest BCUT2D eigenvalue weighted by Crippen LogP contribution is -2.29. The van der Waals surface area contributed by atoms with E-state index >= 15 is 0 Å². The lowest BCUT2D eigenvalue weighted by Gasteiger charge is -2.18. The van der Waals surface area contributed by atoms with E-state index in [2.05, 4.69) is 37.4 Å². The number of carbonyl (C=O) groups is 2. The van der Waals surface area contributed by atoms with E-state index in [4.69, 9.17) is 19.3 Å². The molecule has 0 heterocycles. The smallest absolute Gasteiger partial charge is 0.462 e. The summed E-state index contributed by atoms with van der Waals surface area (Å²) in [5, 5.41) is 9.85. The van der Waals surface area contributed by atoms with Crippen LogP contribution in [0.4, 0.5) is 0 Å². The fourth-order valence-corrected chi connectivity index (χ4v) is 5.16. The highest BCUT2D eigenvalue weighted by molar-refractivity contribution is 7.46. The van der Waals surface area contributed by atoms with E-state index in [9.17, 15) is 19.3 Å². The van der Waals surface area contributed by atoms with Gasteiger partial charge in [0.25, 0.3) is 0 Å². The average Bonchev–Trinajstić information content (AvgIpc) is 3.04. The molecule has 3 atom stereocenters. The largest absolute Gasteiger partial charge is 0.469 e. The summed E-state index contributed by atoms with van der Waals surface area (Å²) in [7, 11) is -4.77. The Hall–Kier alpha value is -2.03. The van der Waals surface area contributed by atoms with Crippen LogP contribution in [0.3, 0.4) is 0 Å². The first kappa shape index (κ1) is 46.0. The Kier molecular flexibility index (Phi) is 30.8. The molecule has 0 rings (SSSR count). The van der Waals surface area contributed by atoms with Crippen LogP contribution in [-0.2, 0) is 28.2 Å². The number of aliphatic hydroxyl groups is 1. The number of unbranched alkanes of at least 4 members (excludes halogenated alkanes) is 10. The van der Waals surface area contributed by atoms with E-state index in [1.165, 1.54) is 38.5 Å². The van der Waals surface area contributed by atoms with E-state index in [1.54, 1.807) is 0 Å². The van der Waals surface area contributed by atoms with Gasteiger partial charge in [-0.2, -0.15) is 0 Å². The summed E-state index contributed by atoms with van der Waals surface area (Å²) in [4.78, 5) is 42.6. The quantitative estimate of drug-likeness (QED) is 0.0206. The minimum absolute atomic E-state index is 0.170. The van der Waals surface area contributed by atoms with Gasteiger partial charge in [0.15, 0.2) is 6.10 Å². The Morgan fingerprint density at radius 3 is 1.98 bits per heavy atom. The number of phosphoric ester groups is 1. The predicted molar refractivity (Wildman–Crippen MR) is 194 cm³/mol. The van der Waals surface area contributed by atoms with Crippen LogP contribution in [0.1, 0.15) is 149 Å². The van der Waals surface area contributed by atoms with Crippen molar-refractivity contribution < 1.29 is 43.0 Å². The maximum atomic E-state index is 12.3. The molecule has 0 bridgehead atoms. The van der Waals surface area contributed by atoms with Crippen molar-refractivity contribution in [2.45, 2.75) is 161 Å². The second kappa shape index (κ2) is 32.2. The number of aliphatic hydroxyl groups excluding tert-OH is 1. The van der Waals surface area contributed by atoms with E-state index in [0.29, 0.717) is 19.3 Å². The number of hydrogen-bond donors (Lipinski definition) is 3. The summed E-state index contributed by atoms with van der Waals surface area (Å²) < 4.78 is 26.2. The lowest BCUT2D eigenvalue weighted by atomic mass is 9.99. The third-order valence-electron chi connectivity index (χ3n) is 7.99. The maximum Gasteiger partial charge on any atom is 0.469 e. The monoisotopic (exact) mass is 698 g/mol. The molecule has 0 fully saturated rings. The molecule has 0 aliphatic carbocycles. The molecule has 278 valence electrons. The first-order valence-electron chi connectivity index (χ1n) is 18.4. The summed E-state index contributed by atoms with van der Waals surface area (Å²) in [5.41, 5.74) is 0. The van der Waals surface area contributed by atoms with Crippen molar-refractivity contribution in [1.29, 1.82) is 0 Å². The van der Waals surface area contributed by atoms with Crippen LogP contribution in [0.2, 0.25) is 0 Å². The summed E-state index contributed by atoms with van der Waals surface area (Å²) in [6.45, 7) is 5.80. The van der Waals surface area contributed by atoms with Crippen LogP contribution in [0.5, 0.6) is 0 Å². The number of ether oxygens (including phenoxy) is 2. The molecule has 0 aromatic rings. The second-order valence-electron chi connectivity index (χ2n) is 12.6. The fourth-order valence-electron chi connectivity index (χ4n) is 4.80. The molecule has 0 aromatic heterocycles. The van der Waals surface area contributed by atoms with Crippen molar-refractivity contribution in [1.82, 2.24) is 0 Å². The van der Waals surface area contributed by atoms with E-state index in [-0.39, 0.29) is 25.6 Å². The van der Waals surface area contributed by atoms with Gasteiger partial charge in [-0.15, -0.1) is 0 Å². The number of rotatable bonds is 32. The van der Waals surface area contributed by atoms with Crippen molar-refractivity contribution in [3.8, 4) is 0 Å². The van der Waals surface area contributed by atoms with Gasteiger partial charge in [0.05, 0.1) is 12.7 Å². The van der Waals surface area contributed by atoms with Gasteiger partial charge < -0.3 is 24.4 Å². The number of esters is 2. The highest BCUT2D eigenvalue weighted by atomic mass is 31.2. The molecule has 0 spiro atoms. The van der Waals surface area contributed by atoms with Crippen molar-refractivity contribution in [3.63, 3.8) is 0 Å². The van der Waals surface area contributed by atoms with Crippen molar-refractivity contribution >= 4 is 19.8 Å². The van der Waals surface area contributed by atoms with E-state index < -0.39 is 32.5 Å². The van der Waals surface area contributed by atoms with Gasteiger partial charge in [0.1, 0.15) is 6.61 Å². The Labute approximate surface area is 291 Å². The summed E-state index contributed by atoms with van der Waals surface area (Å²) >= 11 is 0. The molecule has 0 saturated heterocycles. The molecule has 0 aliphatic rings. The summed E-state index contributed by atoms with van der Waals surface area (Å²) in [6, 6.07) is 0. The molecule has 3 N–H and O–H groups in total. The van der Waals surface area contributed by atoms with Crippen LogP contribution in [0.15, 0.2) is 48.6 Å². The molecule has 1 unspecified atom stereocenters. The zero-order valence-corrected chi connectivity index (χ0v) is 31.0. The van der Waals surface area contributed by atoms with Gasteiger partial charge in [-0.25, -0.2) is 4.57 Å². The van der Waals surface area contributed by atoms with Crippen LogP contribution in [-0.4, -0.2) is 52.3 Å². The zero-order valence-electron chi connectivity index (χ0n) is 30.1. The standard InChI is InChI=1S/C38H67O9P/c1-4-6-22-28-35(39)29-24-19-15-10-8-7-9-11-16-20-25-30-37(40)45-32-36(33-46-48(42,43)44)47-38(41)31-26-21-17-13-12-14-18-23-27-34(3)5-2/h7-8,11,15-16,19,24,29,34-36,39H,4-6,9-10,12-14,17-18,20-23,25-28,30-33H2,1-3H3,(H2,42,43,44)/b8-7-,16-11-,19-15-,29-24+/t34?,35-,36-/m1/s1. The molecule has 48 heavy (non-hydrogen) atoms. The van der Waals surface area contributed by atoms with Crippen LogP contribution in [0, 0.1) is 5.92 Å². The minimum Gasteiger partial charge on any atom is -0.462 e. The van der Waals surface area contributed by atoms with Gasteiger partial charge in [0.2, 0.25) is 0 Å². The third kappa shape index (κ3) is 33.9. The minimum atomic E-state index is -4.77. The molecule has 0 saturated carbocycles. The van der Waals surface area contributed by atoms with Crippen molar-refractivity contribution in [3.05, 3.63) is 48.6 Å². The molecular weight excluding hydrogens is 631 g/mol. The summed E-state index contributed by atoms with van der Waals surface area (Å²) in [5.74, 6) is -0.170. The molecular formula is C38H67O9P. The van der Waals surface area contributed by atoms with Crippen LogP contribution >= 0.6 is 7.82 Å². The molecule has 0 amide bonds. The van der Waals surface area contributed by atoms with Gasteiger partial charge in [-0.1, -0.05) is 146 Å². The van der Waals surface area contributed by atoms with Crippen LogP contribution < -0.4 is 0 Å². The first-order chi connectivity index (χ1) is 23.1. The summed E-state index contributed by atoms with van der Waals surface area (Å²) in [6.07, 6.45) is 33.1. The van der Waals surface area contributed by atoms with E-state index in [0.717, 1.165) is 63.7 Å². The predicted octanol–water partition coefficient (Wildman–Crippen LogP) is 9.61. The van der Waals surface area contributed by atoms with Crippen molar-refractivity contribution in [2.24, 2.45) is 5.92 Å². The Bertz CT molecular complexity index is 954. The number of hydrogen-bond acceptors (Lipinski definition) is 7. The number of allylic oxidation sites excluding steroid dienone is 7. The van der Waals surface area contributed by atoms with E-state index in [1.807, 2.05) is 36.5 Å². The molecule has 0 aliphatic heterocycles. The first-order valence-corrected chi connectivity index (χ1v) is 20.0. The SMILES string of the molecule is CCCCC[C@@H](O)/C=C/C=C\C/C=C\C/C=C\CCCC(=O)OC[C@H](COP(=O)(O)O)OC(=O)CCCCCCCCCCC(C)CC. The van der Waals surface area contributed by atoms with Gasteiger partial charge in [0, 0.05) is 12.8 Å². The average molecular weight is 699 g/mol. The maximum absolute atomic E-state index is 12.3. The molecule has 9 nitrogen and oxygen atoms in total. The Morgan fingerprint density at radius 2 is 1.31 bits per heavy atom. The third-order valence-corrected chi connectivity index (χ3v) is 8.48.